The van der Waals surface area contributed by atoms with Crippen LogP contribution in [0.5, 0.6) is 0 Å². The lowest BCUT2D eigenvalue weighted by molar-refractivity contribution is -0.141. The third kappa shape index (κ3) is 5.34. The summed E-state index contributed by atoms with van der Waals surface area (Å²) in [4.78, 5) is 24.2. The number of ether oxygens (including phenoxy) is 1. The quantitative estimate of drug-likeness (QED) is 0.741. The average Bonchev–Trinajstić information content (AvgIpc) is 2.53. The molecule has 0 bridgehead atoms. The Balaban J connectivity index is 2.18. The first-order valence-electron chi connectivity index (χ1n) is 7.56. The van der Waals surface area contributed by atoms with Gasteiger partial charge in [0.2, 0.25) is 17.2 Å². The Morgan fingerprint density at radius 2 is 1.83 bits per heavy atom. The van der Waals surface area contributed by atoms with Crippen molar-refractivity contribution in [1.29, 1.82) is 0 Å². The van der Waals surface area contributed by atoms with Gasteiger partial charge in [0.25, 0.3) is 0 Å². The molecule has 2 rings (SSSR count). The van der Waals surface area contributed by atoms with Gasteiger partial charge in [0.15, 0.2) is 0 Å². The van der Waals surface area contributed by atoms with Crippen molar-refractivity contribution in [2.24, 2.45) is 5.92 Å². The lowest BCUT2D eigenvalue weighted by Crippen LogP contribution is -2.33. The number of methoxy groups -OCH3 is 1. The van der Waals surface area contributed by atoms with E-state index >= 15 is 0 Å². The number of benzene rings is 1. The third-order valence-electron chi connectivity index (χ3n) is 3.13. The van der Waals surface area contributed by atoms with Crippen molar-refractivity contribution in [3.8, 4) is 0 Å². The standard InChI is InChI=1S/C16H20ClN5O2/c1-10(2)9-12(13(23)24-3)19-16-21-14(17)20-15(22-16)18-11-7-5-4-6-8-11/h4-8,10,12H,9H2,1-3H3,(H2,18,19,20,21,22)/t12-/m0/s1. The largest absolute Gasteiger partial charge is 0.467 e. The van der Waals surface area contributed by atoms with Crippen LogP contribution in [0, 0.1) is 5.92 Å². The molecule has 1 atom stereocenters. The molecule has 0 spiro atoms. The van der Waals surface area contributed by atoms with Gasteiger partial charge in [-0.1, -0.05) is 32.0 Å². The summed E-state index contributed by atoms with van der Waals surface area (Å²) in [6.07, 6.45) is 0.581. The van der Waals surface area contributed by atoms with E-state index in [-0.39, 0.29) is 23.1 Å². The number of carbonyl (C=O) groups excluding carboxylic acids is 1. The molecule has 0 aliphatic rings. The highest BCUT2D eigenvalue weighted by atomic mass is 35.5. The summed E-state index contributed by atoms with van der Waals surface area (Å²) in [5, 5.41) is 6.03. The van der Waals surface area contributed by atoms with Gasteiger partial charge >= 0.3 is 5.97 Å². The maximum atomic E-state index is 11.9. The fraction of sp³-hybridized carbons (Fsp3) is 0.375. The second-order valence-corrected chi connectivity index (χ2v) is 5.93. The van der Waals surface area contributed by atoms with E-state index in [0.29, 0.717) is 12.3 Å². The third-order valence-corrected chi connectivity index (χ3v) is 3.30. The molecule has 0 saturated heterocycles. The molecule has 0 aliphatic heterocycles. The van der Waals surface area contributed by atoms with Gasteiger partial charge in [-0.3, -0.25) is 0 Å². The molecule has 0 saturated carbocycles. The number of anilines is 3. The van der Waals surface area contributed by atoms with Gasteiger partial charge < -0.3 is 15.4 Å². The van der Waals surface area contributed by atoms with Gasteiger partial charge in [0, 0.05) is 5.69 Å². The molecule has 0 amide bonds. The number of nitrogens with one attached hydrogen (secondary N) is 2. The van der Waals surface area contributed by atoms with Crippen LogP contribution in [0.1, 0.15) is 20.3 Å². The highest BCUT2D eigenvalue weighted by Crippen LogP contribution is 2.17. The molecule has 128 valence electrons. The van der Waals surface area contributed by atoms with E-state index in [9.17, 15) is 4.79 Å². The zero-order chi connectivity index (χ0) is 17.5. The SMILES string of the molecule is COC(=O)[C@H](CC(C)C)Nc1nc(Cl)nc(Nc2ccccc2)n1. The molecule has 0 unspecified atom stereocenters. The second-order valence-electron chi connectivity index (χ2n) is 5.59. The number of halogens is 1. The van der Waals surface area contributed by atoms with Gasteiger partial charge in [0.1, 0.15) is 6.04 Å². The van der Waals surface area contributed by atoms with Crippen LogP contribution in [0.15, 0.2) is 30.3 Å². The number of carbonyl (C=O) groups is 1. The lowest BCUT2D eigenvalue weighted by atomic mass is 10.0. The van der Waals surface area contributed by atoms with Crippen LogP contribution in [0.4, 0.5) is 17.6 Å². The summed E-state index contributed by atoms with van der Waals surface area (Å²) < 4.78 is 4.82. The van der Waals surface area contributed by atoms with Crippen molar-refractivity contribution in [2.75, 3.05) is 17.7 Å². The number of hydrogen-bond acceptors (Lipinski definition) is 7. The topological polar surface area (TPSA) is 89.0 Å². The molecule has 0 fully saturated rings. The van der Waals surface area contributed by atoms with Crippen molar-refractivity contribution in [3.05, 3.63) is 35.6 Å². The predicted octanol–water partition coefficient (Wildman–Crippen LogP) is 3.27. The molecule has 2 N–H and O–H groups in total. The van der Waals surface area contributed by atoms with E-state index in [0.717, 1.165) is 5.69 Å². The van der Waals surface area contributed by atoms with Crippen LogP contribution in [0.3, 0.4) is 0 Å². The Morgan fingerprint density at radius 1 is 1.17 bits per heavy atom. The molecule has 0 aliphatic carbocycles. The van der Waals surface area contributed by atoms with Gasteiger partial charge in [-0.2, -0.15) is 15.0 Å². The number of esters is 1. The zero-order valence-corrected chi connectivity index (χ0v) is 14.5. The van der Waals surface area contributed by atoms with E-state index in [1.165, 1.54) is 7.11 Å². The molecular weight excluding hydrogens is 330 g/mol. The highest BCUT2D eigenvalue weighted by Gasteiger charge is 2.22. The maximum absolute atomic E-state index is 11.9. The zero-order valence-electron chi connectivity index (χ0n) is 13.8. The minimum Gasteiger partial charge on any atom is -0.467 e. The van der Waals surface area contributed by atoms with Crippen molar-refractivity contribution in [2.45, 2.75) is 26.3 Å². The van der Waals surface area contributed by atoms with E-state index in [4.69, 9.17) is 16.3 Å². The summed E-state index contributed by atoms with van der Waals surface area (Å²) in [6, 6.07) is 8.88. The summed E-state index contributed by atoms with van der Waals surface area (Å²) in [5.41, 5.74) is 0.817. The fourth-order valence-electron chi connectivity index (χ4n) is 2.10. The maximum Gasteiger partial charge on any atom is 0.328 e. The molecule has 8 heteroatoms. The van der Waals surface area contributed by atoms with Crippen molar-refractivity contribution >= 4 is 35.2 Å². The number of aromatic nitrogens is 3. The number of hydrogen-bond donors (Lipinski definition) is 2. The first-order chi connectivity index (χ1) is 11.5. The normalized spacial score (nSPS) is 11.9. The molecule has 2 aromatic rings. The molecule has 1 aromatic carbocycles. The van der Waals surface area contributed by atoms with Crippen LogP contribution in [0.2, 0.25) is 5.28 Å². The Hall–Kier alpha value is -2.41. The molecule has 0 radical (unpaired) electrons. The predicted molar refractivity (Wildman–Crippen MR) is 93.4 cm³/mol. The number of para-hydroxylation sites is 1. The van der Waals surface area contributed by atoms with E-state index in [1.54, 1.807) is 0 Å². The van der Waals surface area contributed by atoms with E-state index in [2.05, 4.69) is 25.6 Å². The minimum atomic E-state index is -0.557. The number of rotatable bonds is 7. The monoisotopic (exact) mass is 349 g/mol. The lowest BCUT2D eigenvalue weighted by Gasteiger charge is -2.18. The summed E-state index contributed by atoms with van der Waals surface area (Å²) in [5.74, 6) is 0.417. The van der Waals surface area contributed by atoms with Crippen molar-refractivity contribution in [3.63, 3.8) is 0 Å². The smallest absolute Gasteiger partial charge is 0.328 e. The first kappa shape index (κ1) is 17.9. The van der Waals surface area contributed by atoms with Crippen molar-refractivity contribution < 1.29 is 9.53 Å². The van der Waals surface area contributed by atoms with Crippen LogP contribution in [-0.4, -0.2) is 34.1 Å². The first-order valence-corrected chi connectivity index (χ1v) is 7.93. The van der Waals surface area contributed by atoms with Crippen LogP contribution < -0.4 is 10.6 Å². The van der Waals surface area contributed by atoms with Gasteiger partial charge in [-0.15, -0.1) is 0 Å². The Kier molecular flexibility index (Phi) is 6.31. The average molecular weight is 350 g/mol. The van der Waals surface area contributed by atoms with Crippen molar-refractivity contribution in [1.82, 2.24) is 15.0 Å². The Labute approximate surface area is 145 Å². The second kappa shape index (κ2) is 8.44. The fourth-order valence-corrected chi connectivity index (χ4v) is 2.26. The van der Waals surface area contributed by atoms with Gasteiger partial charge in [-0.25, -0.2) is 4.79 Å². The summed E-state index contributed by atoms with van der Waals surface area (Å²) in [7, 11) is 1.35. The van der Waals surface area contributed by atoms with Gasteiger partial charge in [0.05, 0.1) is 7.11 Å². The summed E-state index contributed by atoms with van der Waals surface area (Å²) >= 11 is 5.96. The minimum absolute atomic E-state index is 0.0269. The summed E-state index contributed by atoms with van der Waals surface area (Å²) in [6.45, 7) is 4.03. The number of nitrogens with zero attached hydrogens (tertiary/aromatic N) is 3. The van der Waals surface area contributed by atoms with Crippen LogP contribution in [-0.2, 0) is 9.53 Å². The van der Waals surface area contributed by atoms with E-state index in [1.807, 2.05) is 44.2 Å². The van der Waals surface area contributed by atoms with Crippen LogP contribution >= 0.6 is 11.6 Å². The van der Waals surface area contributed by atoms with Gasteiger partial charge in [-0.05, 0) is 36.1 Å². The molecule has 1 heterocycles. The van der Waals surface area contributed by atoms with Crippen LogP contribution in [0.25, 0.3) is 0 Å². The van der Waals surface area contributed by atoms with E-state index < -0.39 is 6.04 Å². The highest BCUT2D eigenvalue weighted by molar-refractivity contribution is 6.28. The molecule has 7 nitrogen and oxygen atoms in total. The molecule has 1 aromatic heterocycles. The Morgan fingerprint density at radius 3 is 2.46 bits per heavy atom. The molecular formula is C16H20ClN5O2. The Bertz CT molecular complexity index is 681. The molecule has 24 heavy (non-hydrogen) atoms.